The second-order valence-electron chi connectivity index (χ2n) is 4.48. The molecule has 2 nitrogen and oxygen atoms in total. The maximum absolute atomic E-state index is 5.21. The van der Waals surface area contributed by atoms with Crippen LogP contribution in [-0.4, -0.2) is 20.3 Å². The number of rotatable bonds is 10. The molecule has 2 heteroatoms. The molecular formula is C16H25O2. The van der Waals surface area contributed by atoms with Gasteiger partial charge < -0.3 is 9.47 Å². The predicted molar refractivity (Wildman–Crippen MR) is 76.0 cm³/mol. The summed E-state index contributed by atoms with van der Waals surface area (Å²) in [7, 11) is 1.70. The van der Waals surface area contributed by atoms with Gasteiger partial charge in [0.1, 0.15) is 5.75 Å². The first-order chi connectivity index (χ1) is 8.86. The molecule has 0 aromatic heterocycles. The second kappa shape index (κ2) is 9.95. The number of hydrogen-bond acceptors (Lipinski definition) is 2. The Bertz CT molecular complexity index is 292. The van der Waals surface area contributed by atoms with Gasteiger partial charge >= 0.3 is 0 Å². The van der Waals surface area contributed by atoms with Gasteiger partial charge in [-0.05, 0) is 43.9 Å². The van der Waals surface area contributed by atoms with Crippen molar-refractivity contribution in [2.75, 3.05) is 20.3 Å². The van der Waals surface area contributed by atoms with Crippen molar-refractivity contribution in [2.45, 2.75) is 38.5 Å². The van der Waals surface area contributed by atoms with Crippen molar-refractivity contribution in [3.63, 3.8) is 0 Å². The molecule has 0 aliphatic heterocycles. The first-order valence-corrected chi connectivity index (χ1v) is 6.86. The Morgan fingerprint density at radius 3 is 2.28 bits per heavy atom. The summed E-state index contributed by atoms with van der Waals surface area (Å²) in [6.45, 7) is 5.11. The number of benzene rings is 1. The molecule has 1 aromatic rings. The molecule has 0 aliphatic carbocycles. The van der Waals surface area contributed by atoms with Gasteiger partial charge in [0.15, 0.2) is 0 Å². The van der Waals surface area contributed by atoms with E-state index in [1.54, 1.807) is 7.11 Å². The quantitative estimate of drug-likeness (QED) is 0.583. The minimum atomic E-state index is 0.595. The first-order valence-electron chi connectivity index (χ1n) is 6.86. The zero-order chi connectivity index (χ0) is 13.1. The first kappa shape index (κ1) is 15.0. The van der Waals surface area contributed by atoms with Gasteiger partial charge in [-0.2, -0.15) is 0 Å². The number of methoxy groups -OCH3 is 1. The molecule has 1 aromatic carbocycles. The highest BCUT2D eigenvalue weighted by molar-refractivity contribution is 5.27. The van der Waals surface area contributed by atoms with Crippen molar-refractivity contribution in [1.29, 1.82) is 0 Å². The van der Waals surface area contributed by atoms with Gasteiger partial charge in [-0.15, -0.1) is 0 Å². The highest BCUT2D eigenvalue weighted by Crippen LogP contribution is 2.14. The molecule has 0 unspecified atom stereocenters. The van der Waals surface area contributed by atoms with E-state index < -0.39 is 0 Å². The fourth-order valence-corrected chi connectivity index (χ4v) is 1.96. The molecule has 0 heterocycles. The zero-order valence-corrected chi connectivity index (χ0v) is 11.5. The van der Waals surface area contributed by atoms with Crippen LogP contribution >= 0.6 is 0 Å². The Kier molecular flexibility index (Phi) is 8.32. The van der Waals surface area contributed by atoms with Gasteiger partial charge in [-0.25, -0.2) is 0 Å². The minimum Gasteiger partial charge on any atom is -0.497 e. The third-order valence-corrected chi connectivity index (χ3v) is 3.06. The SMILES string of the molecule is [CH2]COCCCCCCCc1ccc(OC)cc1. The Hall–Kier alpha value is -1.02. The van der Waals surface area contributed by atoms with Crippen LogP contribution in [0.15, 0.2) is 24.3 Å². The van der Waals surface area contributed by atoms with Crippen molar-refractivity contribution in [3.05, 3.63) is 36.8 Å². The monoisotopic (exact) mass is 249 g/mol. The van der Waals surface area contributed by atoms with Gasteiger partial charge in [0.25, 0.3) is 0 Å². The molecular weight excluding hydrogens is 224 g/mol. The maximum Gasteiger partial charge on any atom is 0.118 e. The highest BCUT2D eigenvalue weighted by atomic mass is 16.5. The predicted octanol–water partition coefficient (Wildman–Crippen LogP) is 4.04. The Morgan fingerprint density at radius 1 is 0.944 bits per heavy atom. The standard InChI is InChI=1S/C16H25O2/c1-3-18-14-8-6-4-5-7-9-15-10-12-16(17-2)13-11-15/h10-13H,1,3-9,14H2,2H3. The summed E-state index contributed by atoms with van der Waals surface area (Å²) in [5.41, 5.74) is 1.40. The minimum absolute atomic E-state index is 0.595. The van der Waals surface area contributed by atoms with Crippen LogP contribution in [-0.2, 0) is 11.2 Å². The molecule has 0 aliphatic rings. The molecule has 1 rings (SSSR count). The smallest absolute Gasteiger partial charge is 0.118 e. The van der Waals surface area contributed by atoms with Gasteiger partial charge in [-0.3, -0.25) is 0 Å². The van der Waals surface area contributed by atoms with Gasteiger partial charge in [-0.1, -0.05) is 31.4 Å². The lowest BCUT2D eigenvalue weighted by atomic mass is 10.1. The molecule has 0 spiro atoms. The van der Waals surface area contributed by atoms with E-state index in [4.69, 9.17) is 9.47 Å². The fourth-order valence-electron chi connectivity index (χ4n) is 1.96. The molecule has 0 bridgehead atoms. The molecule has 0 saturated carbocycles. The largest absolute Gasteiger partial charge is 0.497 e. The van der Waals surface area contributed by atoms with Crippen LogP contribution in [0, 0.1) is 6.92 Å². The van der Waals surface area contributed by atoms with Gasteiger partial charge in [0.2, 0.25) is 0 Å². The summed E-state index contributed by atoms with van der Waals surface area (Å²) in [4.78, 5) is 0. The Morgan fingerprint density at radius 2 is 1.61 bits per heavy atom. The lowest BCUT2D eigenvalue weighted by Crippen LogP contribution is -1.93. The van der Waals surface area contributed by atoms with Crippen LogP contribution < -0.4 is 4.74 Å². The molecule has 0 N–H and O–H groups in total. The summed E-state index contributed by atoms with van der Waals surface area (Å²) in [6, 6.07) is 8.37. The topological polar surface area (TPSA) is 18.5 Å². The molecule has 0 atom stereocenters. The van der Waals surface area contributed by atoms with E-state index in [0.717, 1.165) is 18.8 Å². The van der Waals surface area contributed by atoms with Crippen LogP contribution in [0.4, 0.5) is 0 Å². The summed E-state index contributed by atoms with van der Waals surface area (Å²) in [5.74, 6) is 0.934. The van der Waals surface area contributed by atoms with Crippen molar-refractivity contribution in [2.24, 2.45) is 0 Å². The summed E-state index contributed by atoms with van der Waals surface area (Å²) >= 11 is 0. The average molecular weight is 249 g/mol. The fraction of sp³-hybridized carbons (Fsp3) is 0.562. The Balaban J connectivity index is 2.00. The highest BCUT2D eigenvalue weighted by Gasteiger charge is 1.95. The van der Waals surface area contributed by atoms with E-state index >= 15 is 0 Å². The third-order valence-electron chi connectivity index (χ3n) is 3.06. The molecule has 0 amide bonds. The number of aryl methyl sites for hydroxylation is 1. The molecule has 0 fully saturated rings. The van der Waals surface area contributed by atoms with Crippen molar-refractivity contribution in [3.8, 4) is 5.75 Å². The third kappa shape index (κ3) is 6.65. The second-order valence-corrected chi connectivity index (χ2v) is 4.48. The summed E-state index contributed by atoms with van der Waals surface area (Å²) < 4.78 is 10.4. The van der Waals surface area contributed by atoms with Gasteiger partial charge in [0, 0.05) is 13.2 Å². The molecule has 1 radical (unpaired) electrons. The van der Waals surface area contributed by atoms with E-state index in [-0.39, 0.29) is 0 Å². The summed E-state index contributed by atoms with van der Waals surface area (Å²) in [6.07, 6.45) is 7.47. The maximum atomic E-state index is 5.21. The van der Waals surface area contributed by atoms with E-state index in [2.05, 4.69) is 19.1 Å². The van der Waals surface area contributed by atoms with Crippen molar-refractivity contribution < 1.29 is 9.47 Å². The van der Waals surface area contributed by atoms with E-state index in [1.807, 2.05) is 12.1 Å². The Labute approximate surface area is 111 Å². The van der Waals surface area contributed by atoms with E-state index in [9.17, 15) is 0 Å². The van der Waals surface area contributed by atoms with E-state index in [1.165, 1.54) is 37.7 Å². The summed E-state index contributed by atoms with van der Waals surface area (Å²) in [5, 5.41) is 0. The van der Waals surface area contributed by atoms with E-state index in [0.29, 0.717) is 6.61 Å². The van der Waals surface area contributed by atoms with Crippen LogP contribution in [0.1, 0.15) is 37.7 Å². The van der Waals surface area contributed by atoms with Crippen LogP contribution in [0.3, 0.4) is 0 Å². The molecule has 18 heavy (non-hydrogen) atoms. The molecule has 101 valence electrons. The van der Waals surface area contributed by atoms with Crippen LogP contribution in [0.25, 0.3) is 0 Å². The normalized spacial score (nSPS) is 10.6. The lowest BCUT2D eigenvalue weighted by Gasteiger charge is -2.04. The molecule has 0 saturated heterocycles. The average Bonchev–Trinajstić information content (AvgIpc) is 2.42. The lowest BCUT2D eigenvalue weighted by molar-refractivity contribution is 0.156. The van der Waals surface area contributed by atoms with Crippen molar-refractivity contribution >= 4 is 0 Å². The van der Waals surface area contributed by atoms with Crippen LogP contribution in [0.2, 0.25) is 0 Å². The zero-order valence-electron chi connectivity index (χ0n) is 11.5. The van der Waals surface area contributed by atoms with Gasteiger partial charge in [0.05, 0.1) is 7.11 Å². The van der Waals surface area contributed by atoms with Crippen molar-refractivity contribution in [1.82, 2.24) is 0 Å². The number of ether oxygens (including phenoxy) is 2. The number of unbranched alkanes of at least 4 members (excludes halogenated alkanes) is 4. The number of hydrogen-bond donors (Lipinski definition) is 0. The van der Waals surface area contributed by atoms with Crippen LogP contribution in [0.5, 0.6) is 5.75 Å².